The molecule has 0 saturated heterocycles. The van der Waals surface area contributed by atoms with E-state index in [1.165, 1.54) is 0 Å². The standard InChI is InChI=1S/C20H25NO6/c1-5-6-15(19(23)24)21-17(22)10-8-14-11(2)13-7-9-16(26-4)12(3)18(13)27-20(14)25/h7,9,15H,5-6,8,10H2,1-4H3,(H,21,22)(H,23,24)/t15-/m0/s1. The molecule has 0 aliphatic rings. The molecule has 0 bridgehead atoms. The summed E-state index contributed by atoms with van der Waals surface area (Å²) in [5, 5.41) is 12.4. The van der Waals surface area contributed by atoms with Crippen LogP contribution in [0.4, 0.5) is 0 Å². The van der Waals surface area contributed by atoms with Gasteiger partial charge < -0.3 is 19.6 Å². The minimum atomic E-state index is -1.06. The van der Waals surface area contributed by atoms with E-state index >= 15 is 0 Å². The van der Waals surface area contributed by atoms with Crippen LogP contribution in [0.3, 0.4) is 0 Å². The third kappa shape index (κ3) is 4.48. The zero-order valence-corrected chi connectivity index (χ0v) is 16.0. The monoisotopic (exact) mass is 375 g/mol. The van der Waals surface area contributed by atoms with E-state index in [4.69, 9.17) is 14.3 Å². The highest BCUT2D eigenvalue weighted by Crippen LogP contribution is 2.29. The molecule has 1 heterocycles. The van der Waals surface area contributed by atoms with Crippen LogP contribution in [0.2, 0.25) is 0 Å². The van der Waals surface area contributed by atoms with Gasteiger partial charge >= 0.3 is 11.6 Å². The van der Waals surface area contributed by atoms with Crippen molar-refractivity contribution in [3.63, 3.8) is 0 Å². The molecule has 27 heavy (non-hydrogen) atoms. The Kier molecular flexibility index (Phi) is 6.60. The summed E-state index contributed by atoms with van der Waals surface area (Å²) in [7, 11) is 1.55. The molecular weight excluding hydrogens is 350 g/mol. The van der Waals surface area contributed by atoms with E-state index in [1.807, 2.05) is 32.9 Å². The Bertz CT molecular complexity index is 915. The number of rotatable bonds is 8. The van der Waals surface area contributed by atoms with E-state index in [1.54, 1.807) is 7.11 Å². The quantitative estimate of drug-likeness (QED) is 0.687. The van der Waals surface area contributed by atoms with E-state index in [9.17, 15) is 14.4 Å². The first-order chi connectivity index (χ1) is 12.8. The Morgan fingerprint density at radius 3 is 2.56 bits per heavy atom. The number of hydrogen-bond donors (Lipinski definition) is 2. The zero-order valence-electron chi connectivity index (χ0n) is 16.0. The molecule has 0 saturated carbocycles. The highest BCUT2D eigenvalue weighted by molar-refractivity contribution is 5.86. The fourth-order valence-electron chi connectivity index (χ4n) is 3.13. The second kappa shape index (κ2) is 8.70. The number of fused-ring (bicyclic) bond motifs is 1. The van der Waals surface area contributed by atoms with Crippen LogP contribution in [0.15, 0.2) is 21.3 Å². The third-order valence-electron chi connectivity index (χ3n) is 4.69. The van der Waals surface area contributed by atoms with E-state index in [-0.39, 0.29) is 12.8 Å². The van der Waals surface area contributed by atoms with Gasteiger partial charge in [0, 0.05) is 22.9 Å². The molecule has 7 heteroatoms. The van der Waals surface area contributed by atoms with Crippen LogP contribution in [0.1, 0.15) is 42.9 Å². The fourth-order valence-corrected chi connectivity index (χ4v) is 3.13. The van der Waals surface area contributed by atoms with Gasteiger partial charge in [-0.2, -0.15) is 0 Å². The number of aliphatic carboxylic acids is 1. The number of aryl methyl sites for hydroxylation is 2. The molecule has 1 aromatic carbocycles. The van der Waals surface area contributed by atoms with E-state index in [0.717, 1.165) is 16.5 Å². The number of carbonyl (C=O) groups excluding carboxylic acids is 1. The van der Waals surface area contributed by atoms with E-state index in [0.29, 0.717) is 29.7 Å². The summed E-state index contributed by atoms with van der Waals surface area (Å²) in [4.78, 5) is 35.7. The van der Waals surface area contributed by atoms with E-state index in [2.05, 4.69) is 5.32 Å². The molecule has 146 valence electrons. The van der Waals surface area contributed by atoms with Gasteiger partial charge in [-0.1, -0.05) is 13.3 Å². The van der Waals surface area contributed by atoms with Gasteiger partial charge in [-0.05, 0) is 44.4 Å². The normalized spacial score (nSPS) is 12.0. The van der Waals surface area contributed by atoms with Crippen molar-refractivity contribution in [3.05, 3.63) is 39.2 Å². The average molecular weight is 375 g/mol. The number of nitrogens with one attached hydrogen (secondary N) is 1. The maximum atomic E-state index is 12.4. The molecule has 2 aromatic rings. The Morgan fingerprint density at radius 2 is 1.96 bits per heavy atom. The zero-order chi connectivity index (χ0) is 20.1. The predicted molar refractivity (Wildman–Crippen MR) is 101 cm³/mol. The van der Waals surface area contributed by atoms with Gasteiger partial charge in [0.15, 0.2) is 0 Å². The summed E-state index contributed by atoms with van der Waals surface area (Å²) in [5.74, 6) is -0.829. The van der Waals surface area contributed by atoms with Crippen molar-refractivity contribution in [3.8, 4) is 5.75 Å². The fraction of sp³-hybridized carbons (Fsp3) is 0.450. The second-order valence-electron chi connectivity index (χ2n) is 6.51. The van der Waals surface area contributed by atoms with Gasteiger partial charge in [0.1, 0.15) is 17.4 Å². The predicted octanol–water partition coefficient (Wildman–Crippen LogP) is 2.72. The van der Waals surface area contributed by atoms with Crippen molar-refractivity contribution >= 4 is 22.8 Å². The number of amides is 1. The summed E-state index contributed by atoms with van der Waals surface area (Å²) < 4.78 is 10.7. The number of carboxylic acid groups (broad SMARTS) is 1. The first kappa shape index (κ1) is 20.5. The molecule has 0 unspecified atom stereocenters. The highest BCUT2D eigenvalue weighted by atomic mass is 16.5. The largest absolute Gasteiger partial charge is 0.496 e. The summed E-state index contributed by atoms with van der Waals surface area (Å²) in [6.45, 7) is 5.48. The maximum absolute atomic E-state index is 12.4. The molecule has 1 atom stereocenters. The number of hydrogen-bond acceptors (Lipinski definition) is 5. The molecule has 0 spiro atoms. The van der Waals surface area contributed by atoms with Crippen LogP contribution in [0.25, 0.3) is 11.0 Å². The third-order valence-corrected chi connectivity index (χ3v) is 4.69. The smallest absolute Gasteiger partial charge is 0.339 e. The SMILES string of the molecule is CCC[C@H](NC(=O)CCc1c(C)c2ccc(OC)c(C)c2oc1=O)C(=O)O. The molecule has 0 fully saturated rings. The highest BCUT2D eigenvalue weighted by Gasteiger charge is 2.20. The lowest BCUT2D eigenvalue weighted by atomic mass is 10.00. The molecular formula is C20H25NO6. The molecule has 1 amide bonds. The number of methoxy groups -OCH3 is 1. The van der Waals surface area contributed by atoms with Crippen LogP contribution in [0, 0.1) is 13.8 Å². The van der Waals surface area contributed by atoms with Crippen LogP contribution >= 0.6 is 0 Å². The number of ether oxygens (including phenoxy) is 1. The maximum Gasteiger partial charge on any atom is 0.339 e. The summed E-state index contributed by atoms with van der Waals surface area (Å²) in [6.07, 6.45) is 1.20. The summed E-state index contributed by atoms with van der Waals surface area (Å²) in [5.41, 5.74) is 1.89. The van der Waals surface area contributed by atoms with Crippen molar-refractivity contribution in [2.24, 2.45) is 0 Å². The van der Waals surface area contributed by atoms with Crippen molar-refractivity contribution in [2.75, 3.05) is 7.11 Å². The van der Waals surface area contributed by atoms with Crippen LogP contribution in [0.5, 0.6) is 5.75 Å². The van der Waals surface area contributed by atoms with Crippen molar-refractivity contribution in [1.29, 1.82) is 0 Å². The average Bonchev–Trinajstić information content (AvgIpc) is 2.62. The molecule has 0 aliphatic carbocycles. The van der Waals surface area contributed by atoms with Gasteiger partial charge in [0.25, 0.3) is 0 Å². The number of benzene rings is 1. The lowest BCUT2D eigenvalue weighted by Crippen LogP contribution is -2.40. The first-order valence-electron chi connectivity index (χ1n) is 8.92. The Morgan fingerprint density at radius 1 is 1.26 bits per heavy atom. The topological polar surface area (TPSA) is 106 Å². The minimum Gasteiger partial charge on any atom is -0.496 e. The molecule has 7 nitrogen and oxygen atoms in total. The molecule has 2 rings (SSSR count). The van der Waals surface area contributed by atoms with Gasteiger partial charge in [0.05, 0.1) is 7.11 Å². The Hall–Kier alpha value is -2.83. The first-order valence-corrected chi connectivity index (χ1v) is 8.92. The molecule has 2 N–H and O–H groups in total. The lowest BCUT2D eigenvalue weighted by Gasteiger charge is -2.14. The number of carboxylic acids is 1. The van der Waals surface area contributed by atoms with Gasteiger partial charge in [-0.3, -0.25) is 4.79 Å². The summed E-state index contributed by atoms with van der Waals surface area (Å²) >= 11 is 0. The molecule has 0 aliphatic heterocycles. The van der Waals surface area contributed by atoms with Crippen molar-refractivity contribution < 1.29 is 23.8 Å². The molecule has 0 radical (unpaired) electrons. The lowest BCUT2D eigenvalue weighted by molar-refractivity contribution is -0.142. The Labute approximate surface area is 157 Å². The van der Waals surface area contributed by atoms with Gasteiger partial charge in [-0.15, -0.1) is 0 Å². The van der Waals surface area contributed by atoms with Crippen molar-refractivity contribution in [1.82, 2.24) is 5.32 Å². The minimum absolute atomic E-state index is 0.0136. The number of carbonyl (C=O) groups is 2. The van der Waals surface area contributed by atoms with Crippen LogP contribution in [-0.4, -0.2) is 30.1 Å². The molecule has 1 aromatic heterocycles. The van der Waals surface area contributed by atoms with Gasteiger partial charge in [-0.25, -0.2) is 9.59 Å². The van der Waals surface area contributed by atoms with Crippen LogP contribution < -0.4 is 15.7 Å². The second-order valence-corrected chi connectivity index (χ2v) is 6.51. The summed E-state index contributed by atoms with van der Waals surface area (Å²) in [6, 6.07) is 2.72. The van der Waals surface area contributed by atoms with Crippen LogP contribution in [-0.2, 0) is 16.0 Å². The van der Waals surface area contributed by atoms with Gasteiger partial charge in [0.2, 0.25) is 5.91 Å². The van der Waals surface area contributed by atoms with Crippen molar-refractivity contribution in [2.45, 2.75) is 52.5 Å². The Balaban J connectivity index is 2.23. The van der Waals surface area contributed by atoms with E-state index < -0.39 is 23.5 Å².